The molecule has 2 aromatic rings. The Morgan fingerprint density at radius 2 is 2.36 bits per heavy atom. The molecule has 0 amide bonds. The lowest BCUT2D eigenvalue weighted by molar-refractivity contribution is 0.299. The lowest BCUT2D eigenvalue weighted by atomic mass is 10.1. The van der Waals surface area contributed by atoms with Crippen LogP contribution in [0.3, 0.4) is 0 Å². The zero-order valence-electron chi connectivity index (χ0n) is 7.56. The first-order chi connectivity index (χ1) is 6.86. The molecule has 0 aliphatic carbocycles. The summed E-state index contributed by atoms with van der Waals surface area (Å²) in [4.78, 5) is 0. The Morgan fingerprint density at radius 3 is 3.07 bits per heavy atom. The number of furan rings is 1. The number of aliphatic hydroxyl groups is 1. The van der Waals surface area contributed by atoms with E-state index in [1.54, 1.807) is 6.26 Å². The van der Waals surface area contributed by atoms with E-state index in [-0.39, 0.29) is 8.03 Å². The average Bonchev–Trinajstić information content (AvgIpc) is 2.62. The Morgan fingerprint density at radius 1 is 1.50 bits per heavy atom. The summed E-state index contributed by atoms with van der Waals surface area (Å²) in [5, 5.41) is 9.85. The van der Waals surface area contributed by atoms with Crippen LogP contribution < -0.4 is 4.52 Å². The van der Waals surface area contributed by atoms with Gasteiger partial charge in [0.25, 0.3) is 0 Å². The summed E-state index contributed by atoms with van der Waals surface area (Å²) < 4.78 is 10.5. The second-order valence-electron chi connectivity index (χ2n) is 2.99. The van der Waals surface area contributed by atoms with Crippen molar-refractivity contribution < 1.29 is 15.5 Å². The van der Waals surface area contributed by atoms with Crippen LogP contribution in [-0.2, 0) is 6.42 Å². The highest BCUT2D eigenvalue weighted by Gasteiger charge is 2.08. The van der Waals surface area contributed by atoms with Gasteiger partial charge in [-0.25, -0.2) is 0 Å². The standard InChI is InChI=1S/C10H11O3P.H2/c11-5-4-7-6-12-10-8(7)2-1-3-9(10)13-14;/h1-3,6,11H,4-5,14H2;1H/i;1+2. The normalized spacial score (nSPS) is 10.7. The molecule has 1 unspecified atom stereocenters. The number of aliphatic hydroxyl groups excluding tert-OH is 1. The number of benzene rings is 1. The van der Waals surface area contributed by atoms with Crippen LogP contribution in [0.1, 0.15) is 6.99 Å². The van der Waals surface area contributed by atoms with E-state index < -0.39 is 0 Å². The highest BCUT2D eigenvalue weighted by Crippen LogP contribution is 2.30. The van der Waals surface area contributed by atoms with Crippen LogP contribution in [0.25, 0.3) is 11.0 Å². The van der Waals surface area contributed by atoms with Gasteiger partial charge in [0, 0.05) is 19.0 Å². The van der Waals surface area contributed by atoms with Gasteiger partial charge in [-0.2, -0.15) is 0 Å². The number of para-hydroxylation sites is 1. The number of hydrogen-bond acceptors (Lipinski definition) is 3. The van der Waals surface area contributed by atoms with Crippen molar-refractivity contribution in [1.29, 1.82) is 0 Å². The van der Waals surface area contributed by atoms with Gasteiger partial charge in [0.05, 0.1) is 15.7 Å². The Kier molecular flexibility index (Phi) is 2.71. The largest absolute Gasteiger partial charge is 0.476 e. The summed E-state index contributed by atoms with van der Waals surface area (Å²) in [7, 11) is 2.19. The van der Waals surface area contributed by atoms with E-state index in [0.29, 0.717) is 12.2 Å². The Labute approximate surface area is 85.4 Å². The molecular weight excluding hydrogens is 199 g/mol. The van der Waals surface area contributed by atoms with Gasteiger partial charge in [0.2, 0.25) is 0 Å². The minimum absolute atomic E-state index is 0. The summed E-state index contributed by atoms with van der Waals surface area (Å²) in [6, 6.07) is 5.69. The van der Waals surface area contributed by atoms with E-state index in [1.807, 2.05) is 18.2 Å². The first-order valence-corrected chi connectivity index (χ1v) is 4.80. The second kappa shape index (κ2) is 3.99. The summed E-state index contributed by atoms with van der Waals surface area (Å²) in [6.45, 7) is 0.126. The zero-order valence-corrected chi connectivity index (χ0v) is 8.72. The topological polar surface area (TPSA) is 42.6 Å². The first kappa shape index (κ1) is 9.50. The number of rotatable bonds is 3. The van der Waals surface area contributed by atoms with Crippen molar-refractivity contribution in [3.8, 4) is 5.75 Å². The summed E-state index contributed by atoms with van der Waals surface area (Å²) in [5.74, 6) is 0.691. The van der Waals surface area contributed by atoms with Gasteiger partial charge in [-0.15, -0.1) is 0 Å². The van der Waals surface area contributed by atoms with Gasteiger partial charge in [-0.05, 0) is 12.5 Å². The molecule has 4 heteroatoms. The van der Waals surface area contributed by atoms with Crippen LogP contribution in [0.15, 0.2) is 28.9 Å². The molecule has 0 aliphatic heterocycles. The fourth-order valence-corrected chi connectivity index (χ4v) is 1.68. The van der Waals surface area contributed by atoms with E-state index in [2.05, 4.69) is 9.47 Å². The molecule has 3 nitrogen and oxygen atoms in total. The summed E-state index contributed by atoms with van der Waals surface area (Å²) in [5.41, 5.74) is 1.73. The fraction of sp³-hybridized carbons (Fsp3) is 0.200. The molecule has 1 aromatic heterocycles. The molecule has 1 heterocycles. The van der Waals surface area contributed by atoms with Crippen molar-refractivity contribution in [3.63, 3.8) is 0 Å². The van der Waals surface area contributed by atoms with Crippen LogP contribution in [0.5, 0.6) is 5.75 Å². The average molecular weight is 214 g/mol. The highest BCUT2D eigenvalue weighted by atomic mass is 31.0. The maximum Gasteiger partial charge on any atom is 0.176 e. The van der Waals surface area contributed by atoms with Gasteiger partial charge in [0.15, 0.2) is 11.3 Å². The lowest BCUT2D eigenvalue weighted by Gasteiger charge is -1.99. The van der Waals surface area contributed by atoms with Gasteiger partial charge < -0.3 is 14.0 Å². The minimum atomic E-state index is 0. The van der Waals surface area contributed by atoms with Gasteiger partial charge in [-0.1, -0.05) is 12.1 Å². The molecule has 0 radical (unpaired) electrons. The monoisotopic (exact) mass is 214 g/mol. The molecule has 1 atom stereocenters. The Hall–Kier alpha value is -1.05. The highest BCUT2D eigenvalue weighted by molar-refractivity contribution is 7.10. The maximum absolute atomic E-state index is 8.85. The van der Waals surface area contributed by atoms with Crippen molar-refractivity contribution >= 4 is 20.4 Å². The molecule has 76 valence electrons. The third-order valence-electron chi connectivity index (χ3n) is 2.15. The first-order valence-electron chi connectivity index (χ1n) is 4.33. The third kappa shape index (κ3) is 1.49. The lowest BCUT2D eigenvalue weighted by Crippen LogP contribution is -1.87. The summed E-state index contributed by atoms with van der Waals surface area (Å²) >= 11 is 0. The van der Waals surface area contributed by atoms with E-state index in [9.17, 15) is 0 Å². The SMILES string of the molecule is OCCc1coc2c(OP)cccc12.[3HH]. The molecule has 0 bridgehead atoms. The Balaban J connectivity index is 0.00000112. The van der Waals surface area contributed by atoms with E-state index in [4.69, 9.17) is 14.0 Å². The van der Waals surface area contributed by atoms with Crippen molar-refractivity contribution in [2.45, 2.75) is 6.42 Å². The maximum atomic E-state index is 8.85. The van der Waals surface area contributed by atoms with Crippen LogP contribution in [0.4, 0.5) is 0 Å². The molecule has 2 rings (SSSR count). The summed E-state index contributed by atoms with van der Waals surface area (Å²) in [6.07, 6.45) is 2.27. The van der Waals surface area contributed by atoms with Gasteiger partial charge >= 0.3 is 0 Å². The van der Waals surface area contributed by atoms with Crippen molar-refractivity contribution in [2.24, 2.45) is 0 Å². The predicted molar refractivity (Wildman–Crippen MR) is 59.5 cm³/mol. The molecule has 1 N–H and O–H groups in total. The fourth-order valence-electron chi connectivity index (χ4n) is 1.49. The third-order valence-corrected chi connectivity index (χ3v) is 2.41. The van der Waals surface area contributed by atoms with Crippen LogP contribution in [0.2, 0.25) is 0 Å². The van der Waals surface area contributed by atoms with E-state index in [1.165, 1.54) is 0 Å². The van der Waals surface area contributed by atoms with Gasteiger partial charge in [0.1, 0.15) is 0 Å². The molecule has 0 aliphatic rings. The molecule has 0 fully saturated rings. The van der Waals surface area contributed by atoms with Gasteiger partial charge in [-0.3, -0.25) is 0 Å². The van der Waals surface area contributed by atoms with Crippen LogP contribution in [-0.4, -0.2) is 11.7 Å². The number of hydrogen-bond donors (Lipinski definition) is 1. The molecule has 0 saturated heterocycles. The molecule has 0 spiro atoms. The van der Waals surface area contributed by atoms with Crippen molar-refractivity contribution in [2.75, 3.05) is 6.61 Å². The molecule has 1 aromatic carbocycles. The predicted octanol–water partition coefficient (Wildman–Crippen LogP) is 2.38. The minimum Gasteiger partial charge on any atom is -0.476 e. The van der Waals surface area contributed by atoms with Crippen molar-refractivity contribution in [1.82, 2.24) is 0 Å². The van der Waals surface area contributed by atoms with Crippen LogP contribution >= 0.6 is 9.47 Å². The quantitative estimate of drug-likeness (QED) is 0.797. The number of fused-ring (bicyclic) bond motifs is 1. The van der Waals surface area contributed by atoms with E-state index in [0.717, 1.165) is 16.5 Å². The van der Waals surface area contributed by atoms with E-state index >= 15 is 0 Å². The molecule has 0 saturated carbocycles. The van der Waals surface area contributed by atoms with Crippen LogP contribution in [0, 0.1) is 0 Å². The zero-order chi connectivity index (χ0) is 9.97. The molecular formula is C10H13O3P. The molecule has 14 heavy (non-hydrogen) atoms. The second-order valence-corrected chi connectivity index (χ2v) is 3.22. The van der Waals surface area contributed by atoms with Crippen molar-refractivity contribution in [3.05, 3.63) is 30.0 Å². The Bertz CT molecular complexity index is 441. The smallest absolute Gasteiger partial charge is 0.176 e.